The van der Waals surface area contributed by atoms with Crippen molar-refractivity contribution in [3.05, 3.63) is 98.9 Å². The van der Waals surface area contributed by atoms with Gasteiger partial charge in [0, 0.05) is 60.2 Å². The van der Waals surface area contributed by atoms with Crippen LogP contribution in [0, 0.1) is 11.8 Å². The fourth-order valence-corrected chi connectivity index (χ4v) is 10.8. The largest absolute Gasteiger partial charge is 0.399 e. The lowest BCUT2D eigenvalue weighted by Crippen LogP contribution is -2.57. The highest BCUT2D eigenvalue weighted by Gasteiger charge is 2.50. The number of benzene rings is 3. The molecule has 4 atom stereocenters. The summed E-state index contributed by atoms with van der Waals surface area (Å²) in [4.78, 5) is 126. The van der Waals surface area contributed by atoms with Crippen LogP contribution in [0.5, 0.6) is 0 Å². The van der Waals surface area contributed by atoms with Crippen molar-refractivity contribution in [1.82, 2.24) is 26.2 Å². The summed E-state index contributed by atoms with van der Waals surface area (Å²) >= 11 is 0.931. The number of hydrogen-bond donors (Lipinski definition) is 7. The smallest absolute Gasteiger partial charge is 0.370 e. The zero-order valence-corrected chi connectivity index (χ0v) is 39.8. The lowest BCUT2D eigenvalue weighted by Gasteiger charge is -2.29. The molecule has 0 radical (unpaired) electrons. The number of carbonyl (C=O) groups excluding carboxylic acids is 8. The van der Waals surface area contributed by atoms with Crippen LogP contribution in [0.25, 0.3) is 10.1 Å². The fraction of sp³-hybridized carbons (Fsp3) is 0.388. The van der Waals surface area contributed by atoms with Gasteiger partial charge in [0.1, 0.15) is 24.2 Å². The molecule has 8 rings (SSSR count). The van der Waals surface area contributed by atoms with Gasteiger partial charge >= 0.3 is 13.3 Å². The van der Waals surface area contributed by atoms with Gasteiger partial charge in [-0.3, -0.25) is 53.1 Å². The molecule has 4 aromatic rings. The van der Waals surface area contributed by atoms with E-state index in [1.165, 1.54) is 21.9 Å². The maximum atomic E-state index is 14.5. The number of nitrogens with two attached hydrogens (primary N) is 1. The monoisotopic (exact) mass is 1010 g/mol. The van der Waals surface area contributed by atoms with Crippen molar-refractivity contribution in [3.8, 4) is 11.8 Å². The summed E-state index contributed by atoms with van der Waals surface area (Å²) in [5.41, 5.74) is 3.98. The Bertz CT molecular complexity index is 2980. The maximum absolute atomic E-state index is 14.5. The average molecular weight is 1010 g/mol. The van der Waals surface area contributed by atoms with E-state index in [9.17, 15) is 61.5 Å². The van der Waals surface area contributed by atoms with Gasteiger partial charge in [-0.25, -0.2) is 0 Å². The summed E-state index contributed by atoms with van der Waals surface area (Å²) in [7, 11) is -5.84. The quantitative estimate of drug-likeness (QED) is 0.0346. The molecule has 0 saturated carbocycles. The molecule has 18 nitrogen and oxygen atoms in total. The van der Waals surface area contributed by atoms with E-state index in [4.69, 9.17) is 5.73 Å². The number of rotatable bonds is 17. The number of unbranched alkanes of at least 4 members (excludes halogenated alkanes) is 4. The molecule has 5 heterocycles. The van der Waals surface area contributed by atoms with Crippen LogP contribution < -0.4 is 31.9 Å². The number of carbonyl (C=O) groups is 8. The van der Waals surface area contributed by atoms with E-state index < -0.39 is 78.4 Å². The Labute approximate surface area is 409 Å². The lowest BCUT2D eigenvalue weighted by atomic mass is 10.0. The van der Waals surface area contributed by atoms with Crippen LogP contribution in [0.15, 0.2) is 60.7 Å². The maximum Gasteiger partial charge on any atom is 0.399 e. The number of nitrogens with one attached hydrogen (secondary N) is 4. The van der Waals surface area contributed by atoms with E-state index in [0.717, 1.165) is 53.9 Å². The fourth-order valence-electron chi connectivity index (χ4n) is 9.43. The number of alkyl halides is 2. The van der Waals surface area contributed by atoms with Gasteiger partial charge in [-0.1, -0.05) is 55.0 Å². The molecule has 1 aromatic heterocycles. The molecule has 0 spiro atoms. The van der Waals surface area contributed by atoms with Crippen molar-refractivity contribution >= 4 is 82.0 Å². The van der Waals surface area contributed by atoms with Crippen molar-refractivity contribution in [3.63, 3.8) is 0 Å². The van der Waals surface area contributed by atoms with Crippen molar-refractivity contribution in [2.75, 3.05) is 11.4 Å². The summed E-state index contributed by atoms with van der Waals surface area (Å²) in [5.74, 6) is 2.05. The van der Waals surface area contributed by atoms with Gasteiger partial charge in [0.15, 0.2) is 0 Å². The summed E-state index contributed by atoms with van der Waals surface area (Å²) in [6.07, 6.45) is 4.20. The standard InChI is InChI=1S/C49H50F2N7O11PS/c50-49(51,70(67,68)69)31-15-19-38-30(23-31)25-39(71-38)46(64)55-35-16-14-28-11-7-12-29-24-37(58(42(28)29)48(35)66)45(63)54-34(17-20-40(52)59)43(61)53-22-6-4-2-1-3-5-9-27-10-8-13-32-33(27)26-57(47(32)65)36-18-21-41(60)56-44(36)62/h7-8,10-13,15,19,23,25,34-37H,1-4,6,14,16-18,20-22,24,26H2,(H2,52,59)(H,53,61)(H,54,63)(H,55,64)(H,56,60,62)(H2,67,68,69)/t34-,35-,36?,37-/m0/s1. The van der Waals surface area contributed by atoms with Crippen molar-refractivity contribution in [1.29, 1.82) is 0 Å². The van der Waals surface area contributed by atoms with Crippen molar-refractivity contribution in [2.45, 2.75) is 113 Å². The molecule has 1 unspecified atom stereocenters. The number of anilines is 1. The molecule has 22 heteroatoms. The lowest BCUT2D eigenvalue weighted by molar-refractivity contribution is -0.137. The number of piperidine rings is 1. The predicted octanol–water partition coefficient (Wildman–Crippen LogP) is 3.76. The Morgan fingerprint density at radius 3 is 2.48 bits per heavy atom. The van der Waals surface area contributed by atoms with E-state index in [1.807, 2.05) is 12.1 Å². The molecule has 4 aliphatic rings. The predicted molar refractivity (Wildman–Crippen MR) is 255 cm³/mol. The second kappa shape index (κ2) is 20.9. The van der Waals surface area contributed by atoms with Gasteiger partial charge < -0.3 is 36.4 Å². The average Bonchev–Trinajstić information content (AvgIpc) is 4.01. The molecule has 0 aliphatic carbocycles. The Kier molecular flexibility index (Phi) is 14.8. The molecule has 4 aliphatic heterocycles. The first-order valence-electron chi connectivity index (χ1n) is 23.2. The first-order chi connectivity index (χ1) is 33.8. The highest BCUT2D eigenvalue weighted by Crippen LogP contribution is 2.59. The number of halogens is 2. The Hall–Kier alpha value is -6.85. The zero-order chi connectivity index (χ0) is 50.8. The van der Waals surface area contributed by atoms with Gasteiger partial charge in [0.05, 0.1) is 10.6 Å². The number of nitrogens with zero attached hydrogens (tertiary/aromatic N) is 2. The number of para-hydroxylation sites is 1. The van der Waals surface area contributed by atoms with Gasteiger partial charge in [0.2, 0.25) is 35.4 Å². The second-order valence-electron chi connectivity index (χ2n) is 17.9. The minimum Gasteiger partial charge on any atom is -0.370 e. The minimum atomic E-state index is -5.84. The summed E-state index contributed by atoms with van der Waals surface area (Å²) in [6.45, 7) is 0.498. The normalized spacial score (nSPS) is 19.0. The van der Waals surface area contributed by atoms with Crippen LogP contribution in [0.3, 0.4) is 0 Å². The Morgan fingerprint density at radius 2 is 1.72 bits per heavy atom. The molecule has 8 N–H and O–H groups in total. The molecule has 1 fully saturated rings. The highest BCUT2D eigenvalue weighted by atomic mass is 32.1. The number of hydrogen-bond acceptors (Lipinski definition) is 10. The molecule has 0 bridgehead atoms. The van der Waals surface area contributed by atoms with Gasteiger partial charge in [-0.15, -0.1) is 11.3 Å². The number of aryl methyl sites for hydroxylation is 1. The third-order valence-electron chi connectivity index (χ3n) is 13.1. The molecule has 372 valence electrons. The minimum absolute atomic E-state index is 0.0473. The van der Waals surface area contributed by atoms with Crippen LogP contribution >= 0.6 is 18.9 Å². The molecular formula is C49H50F2N7O11PS. The zero-order valence-electron chi connectivity index (χ0n) is 38.1. The van der Waals surface area contributed by atoms with Crippen molar-refractivity contribution < 1.29 is 61.5 Å². The molecule has 3 aromatic carbocycles. The van der Waals surface area contributed by atoms with E-state index in [1.54, 1.807) is 24.3 Å². The van der Waals surface area contributed by atoms with Gasteiger partial charge in [-0.2, -0.15) is 8.78 Å². The van der Waals surface area contributed by atoms with Gasteiger partial charge in [0.25, 0.3) is 11.8 Å². The molecule has 71 heavy (non-hydrogen) atoms. The first kappa shape index (κ1) is 50.5. The third-order valence-corrected chi connectivity index (χ3v) is 15.2. The van der Waals surface area contributed by atoms with Crippen LogP contribution in [0.2, 0.25) is 0 Å². The summed E-state index contributed by atoms with van der Waals surface area (Å²) < 4.78 is 40.8. The van der Waals surface area contributed by atoms with Crippen molar-refractivity contribution in [2.24, 2.45) is 5.73 Å². The highest BCUT2D eigenvalue weighted by molar-refractivity contribution is 7.52. The third kappa shape index (κ3) is 10.8. The number of fused-ring (bicyclic) bond motifs is 2. The second-order valence-corrected chi connectivity index (χ2v) is 20.7. The molecular weight excluding hydrogens is 964 g/mol. The number of primary amides is 1. The first-order valence-corrected chi connectivity index (χ1v) is 25.6. The number of thiophene rings is 1. The van der Waals surface area contributed by atoms with Gasteiger partial charge in [-0.05, 0) is 90.9 Å². The summed E-state index contributed by atoms with van der Waals surface area (Å²) in [6, 6.07) is 10.8. The van der Waals surface area contributed by atoms with E-state index in [2.05, 4.69) is 33.1 Å². The van der Waals surface area contributed by atoms with Crippen LogP contribution in [-0.2, 0) is 58.4 Å². The van der Waals surface area contributed by atoms with Crippen LogP contribution in [-0.4, -0.2) is 92.7 Å². The Balaban J connectivity index is 0.843. The van der Waals surface area contributed by atoms with E-state index >= 15 is 0 Å². The number of amides is 8. The van der Waals surface area contributed by atoms with E-state index in [-0.39, 0.29) is 73.7 Å². The van der Waals surface area contributed by atoms with Crippen LogP contribution in [0.4, 0.5) is 14.5 Å². The topological polar surface area (TPSA) is 275 Å². The number of imide groups is 1. The van der Waals surface area contributed by atoms with E-state index in [0.29, 0.717) is 46.3 Å². The SMILES string of the molecule is NC(=O)CC[C@H](NC(=O)[C@@H]1Cc2cccc3c2N1C(=O)[C@@H](NC(=O)c1cc2cc(C(F)(F)P(=O)(O)O)ccc2s1)CC3)C(=O)NCCCCCCC#Cc1cccc2c1CN(C1CCC(=O)NC1=O)C2=O. The Morgan fingerprint density at radius 1 is 0.958 bits per heavy atom. The summed E-state index contributed by atoms with van der Waals surface area (Å²) in [5, 5.41) is 10.7. The molecule has 8 amide bonds. The molecule has 1 saturated heterocycles. The van der Waals surface area contributed by atoms with Crippen LogP contribution in [0.1, 0.15) is 112 Å².